The van der Waals surface area contributed by atoms with Gasteiger partial charge in [0.05, 0.1) is 5.92 Å². The van der Waals surface area contributed by atoms with E-state index < -0.39 is 35.6 Å². The van der Waals surface area contributed by atoms with E-state index in [1.807, 2.05) is 0 Å². The number of hydrogen-bond acceptors (Lipinski definition) is 4. The number of carbonyl (C=O) groups excluding carboxylic acids is 1. The van der Waals surface area contributed by atoms with E-state index in [0.717, 1.165) is 32.1 Å². The van der Waals surface area contributed by atoms with Crippen LogP contribution in [0.15, 0.2) is 0 Å². The van der Waals surface area contributed by atoms with Crippen LogP contribution >= 0.6 is 0 Å². The van der Waals surface area contributed by atoms with E-state index >= 15 is 0 Å². The Kier molecular flexibility index (Phi) is 6.84. The van der Waals surface area contributed by atoms with Crippen LogP contribution < -0.4 is 5.32 Å². The molecule has 1 unspecified atom stereocenters. The smallest absolute Gasteiger partial charge is 0.408 e. The molecule has 0 aromatic carbocycles. The number of nitrogens with one attached hydrogen (secondary N) is 1. The van der Waals surface area contributed by atoms with Crippen LogP contribution in [0.5, 0.6) is 0 Å². The minimum absolute atomic E-state index is 0.0384. The van der Waals surface area contributed by atoms with Gasteiger partial charge in [-0.15, -0.1) is 0 Å². The molecule has 1 fully saturated rings. The van der Waals surface area contributed by atoms with Crippen LogP contribution in [0.2, 0.25) is 0 Å². The third kappa shape index (κ3) is 6.88. The van der Waals surface area contributed by atoms with Crippen molar-refractivity contribution in [3.05, 3.63) is 0 Å². The van der Waals surface area contributed by atoms with Gasteiger partial charge in [-0.25, -0.2) is 9.59 Å². The van der Waals surface area contributed by atoms with Crippen molar-refractivity contribution in [3.63, 3.8) is 0 Å². The molecule has 2 atom stereocenters. The molecule has 1 aliphatic carbocycles. The van der Waals surface area contributed by atoms with Gasteiger partial charge in [0.25, 0.3) is 0 Å². The lowest BCUT2D eigenvalue weighted by atomic mass is 9.77. The third-order valence-corrected chi connectivity index (χ3v) is 4.01. The lowest BCUT2D eigenvalue weighted by molar-refractivity contribution is -0.146. The zero-order chi connectivity index (χ0) is 17.6. The van der Waals surface area contributed by atoms with Gasteiger partial charge in [0.15, 0.2) is 0 Å². The average molecular weight is 329 g/mol. The summed E-state index contributed by atoms with van der Waals surface area (Å²) in [6, 6.07) is -1.27. The van der Waals surface area contributed by atoms with Gasteiger partial charge < -0.3 is 20.3 Å². The highest BCUT2D eigenvalue weighted by Crippen LogP contribution is 2.32. The SMILES string of the molecule is CC(C)(C)OC(=O)N[C@@H](CC(C(=O)O)C1CCCCC1)C(=O)O. The first kappa shape index (κ1) is 19.3. The molecule has 132 valence electrons. The number of carboxylic acid groups (broad SMARTS) is 2. The van der Waals surface area contributed by atoms with E-state index in [0.29, 0.717) is 0 Å². The molecule has 0 heterocycles. The van der Waals surface area contributed by atoms with Crippen LogP contribution in [0.1, 0.15) is 59.3 Å². The number of amides is 1. The number of carbonyl (C=O) groups is 3. The molecule has 0 bridgehead atoms. The molecule has 0 aliphatic heterocycles. The predicted molar refractivity (Wildman–Crippen MR) is 83.1 cm³/mol. The summed E-state index contributed by atoms with van der Waals surface area (Å²) >= 11 is 0. The number of carboxylic acids is 2. The standard InChI is InChI=1S/C16H27NO6/c1-16(2,3)23-15(22)17-12(14(20)21)9-11(13(18)19)10-7-5-4-6-8-10/h10-12H,4-9H2,1-3H3,(H,17,22)(H,18,19)(H,20,21)/t11?,12-/m0/s1. The van der Waals surface area contributed by atoms with E-state index in [2.05, 4.69) is 5.32 Å². The van der Waals surface area contributed by atoms with Crippen molar-refractivity contribution in [2.75, 3.05) is 0 Å². The highest BCUT2D eigenvalue weighted by Gasteiger charge is 2.35. The predicted octanol–water partition coefficient (Wildman–Crippen LogP) is 2.64. The summed E-state index contributed by atoms with van der Waals surface area (Å²) < 4.78 is 5.05. The van der Waals surface area contributed by atoms with Crippen LogP contribution in [0.3, 0.4) is 0 Å². The minimum Gasteiger partial charge on any atom is -0.481 e. The first-order valence-electron chi connectivity index (χ1n) is 8.05. The summed E-state index contributed by atoms with van der Waals surface area (Å²) in [6.07, 6.45) is 3.61. The molecule has 1 aliphatic rings. The average Bonchev–Trinajstić information content (AvgIpc) is 2.41. The Balaban J connectivity index is 2.73. The highest BCUT2D eigenvalue weighted by molar-refractivity contribution is 5.81. The normalized spacial score (nSPS) is 18.7. The summed E-state index contributed by atoms with van der Waals surface area (Å²) in [5, 5.41) is 21.0. The number of ether oxygens (including phenoxy) is 1. The molecular weight excluding hydrogens is 302 g/mol. The largest absolute Gasteiger partial charge is 0.481 e. The Morgan fingerprint density at radius 2 is 1.65 bits per heavy atom. The van der Waals surface area contributed by atoms with Crippen LogP contribution in [0, 0.1) is 11.8 Å². The van der Waals surface area contributed by atoms with Crippen molar-refractivity contribution in [1.29, 1.82) is 0 Å². The van der Waals surface area contributed by atoms with E-state index in [1.165, 1.54) is 0 Å². The molecule has 0 spiro atoms. The van der Waals surface area contributed by atoms with Crippen molar-refractivity contribution in [2.24, 2.45) is 11.8 Å². The Hall–Kier alpha value is -1.79. The molecule has 1 saturated carbocycles. The molecule has 23 heavy (non-hydrogen) atoms. The minimum atomic E-state index is -1.27. The van der Waals surface area contributed by atoms with E-state index in [1.54, 1.807) is 20.8 Å². The molecule has 7 nitrogen and oxygen atoms in total. The maximum atomic E-state index is 11.8. The van der Waals surface area contributed by atoms with Gasteiger partial charge in [0.2, 0.25) is 0 Å². The maximum absolute atomic E-state index is 11.8. The van der Waals surface area contributed by atoms with Crippen molar-refractivity contribution in [1.82, 2.24) is 5.32 Å². The van der Waals surface area contributed by atoms with Crippen LogP contribution in [-0.2, 0) is 14.3 Å². The van der Waals surface area contributed by atoms with Gasteiger partial charge in [-0.3, -0.25) is 4.79 Å². The number of rotatable bonds is 6. The molecule has 0 radical (unpaired) electrons. The van der Waals surface area contributed by atoms with Crippen molar-refractivity contribution in [3.8, 4) is 0 Å². The fraction of sp³-hybridized carbons (Fsp3) is 0.812. The summed E-state index contributed by atoms with van der Waals surface area (Å²) in [7, 11) is 0. The van der Waals surface area contributed by atoms with Gasteiger partial charge in [0.1, 0.15) is 11.6 Å². The van der Waals surface area contributed by atoms with Gasteiger partial charge in [-0.05, 0) is 46.0 Å². The quantitative estimate of drug-likeness (QED) is 0.690. The summed E-state index contributed by atoms with van der Waals surface area (Å²) in [6.45, 7) is 5.01. The van der Waals surface area contributed by atoms with E-state index in [4.69, 9.17) is 4.74 Å². The lowest BCUT2D eigenvalue weighted by Gasteiger charge is -2.29. The molecular formula is C16H27NO6. The third-order valence-electron chi connectivity index (χ3n) is 4.01. The van der Waals surface area contributed by atoms with Gasteiger partial charge in [0, 0.05) is 0 Å². The monoisotopic (exact) mass is 329 g/mol. The van der Waals surface area contributed by atoms with Gasteiger partial charge >= 0.3 is 18.0 Å². The van der Waals surface area contributed by atoms with E-state index in [-0.39, 0.29) is 12.3 Å². The second-order valence-electron chi connectivity index (χ2n) is 7.12. The zero-order valence-electron chi connectivity index (χ0n) is 14.0. The summed E-state index contributed by atoms with van der Waals surface area (Å²) in [5.41, 5.74) is -0.747. The Bertz CT molecular complexity index is 436. The highest BCUT2D eigenvalue weighted by atomic mass is 16.6. The second-order valence-corrected chi connectivity index (χ2v) is 7.12. The van der Waals surface area contributed by atoms with Crippen molar-refractivity contribution < 1.29 is 29.3 Å². The van der Waals surface area contributed by atoms with Crippen molar-refractivity contribution in [2.45, 2.75) is 70.9 Å². The number of hydrogen-bond donors (Lipinski definition) is 3. The first-order valence-corrected chi connectivity index (χ1v) is 8.05. The molecule has 1 rings (SSSR count). The topological polar surface area (TPSA) is 113 Å². The van der Waals surface area contributed by atoms with Crippen LogP contribution in [-0.4, -0.2) is 39.9 Å². The summed E-state index contributed by atoms with van der Waals surface area (Å²) in [5.74, 6) is -3.07. The maximum Gasteiger partial charge on any atom is 0.408 e. The lowest BCUT2D eigenvalue weighted by Crippen LogP contribution is -2.46. The Morgan fingerprint density at radius 1 is 1.09 bits per heavy atom. The molecule has 7 heteroatoms. The van der Waals surface area contributed by atoms with E-state index in [9.17, 15) is 24.6 Å². The zero-order valence-corrected chi connectivity index (χ0v) is 14.0. The number of aliphatic carboxylic acids is 2. The molecule has 1 amide bonds. The molecule has 0 aromatic heterocycles. The van der Waals surface area contributed by atoms with Crippen molar-refractivity contribution >= 4 is 18.0 Å². The summed E-state index contributed by atoms with van der Waals surface area (Å²) in [4.78, 5) is 34.7. The molecule has 0 saturated heterocycles. The fourth-order valence-electron chi connectivity index (χ4n) is 2.96. The number of alkyl carbamates (subject to hydrolysis) is 1. The van der Waals surface area contributed by atoms with Gasteiger partial charge in [-0.2, -0.15) is 0 Å². The second kappa shape index (κ2) is 8.17. The molecule has 0 aromatic rings. The molecule has 3 N–H and O–H groups in total. The van der Waals surface area contributed by atoms with Crippen LogP contribution in [0.25, 0.3) is 0 Å². The van der Waals surface area contributed by atoms with Crippen LogP contribution in [0.4, 0.5) is 4.79 Å². The first-order chi connectivity index (χ1) is 10.6. The Morgan fingerprint density at radius 3 is 2.09 bits per heavy atom. The Labute approximate surface area is 136 Å². The van der Waals surface area contributed by atoms with Gasteiger partial charge in [-0.1, -0.05) is 19.3 Å². The fourth-order valence-corrected chi connectivity index (χ4v) is 2.96.